The van der Waals surface area contributed by atoms with Crippen LogP contribution in [0.1, 0.15) is 19.4 Å². The van der Waals surface area contributed by atoms with Crippen molar-refractivity contribution < 1.29 is 13.5 Å². The Kier molecular flexibility index (Phi) is 4.84. The van der Waals surface area contributed by atoms with Crippen LogP contribution < -0.4 is 15.8 Å². The highest BCUT2D eigenvalue weighted by molar-refractivity contribution is 5.33. The first-order valence-corrected chi connectivity index (χ1v) is 5.41. The summed E-state index contributed by atoms with van der Waals surface area (Å²) in [7, 11) is 0. The third-order valence-corrected chi connectivity index (χ3v) is 2.08. The Morgan fingerprint density at radius 3 is 2.59 bits per heavy atom. The van der Waals surface area contributed by atoms with Crippen LogP contribution in [0.25, 0.3) is 0 Å². The highest BCUT2D eigenvalue weighted by atomic mass is 19.3. The van der Waals surface area contributed by atoms with Gasteiger partial charge in [0.15, 0.2) is 0 Å². The largest absolute Gasteiger partial charge is 0.434 e. The Bertz CT molecular complexity index is 351. The fourth-order valence-electron chi connectivity index (χ4n) is 1.38. The van der Waals surface area contributed by atoms with Gasteiger partial charge in [-0.3, -0.25) is 0 Å². The van der Waals surface area contributed by atoms with E-state index in [0.29, 0.717) is 18.7 Å². The van der Waals surface area contributed by atoms with E-state index >= 15 is 0 Å². The van der Waals surface area contributed by atoms with E-state index < -0.39 is 6.61 Å². The molecule has 0 unspecified atom stereocenters. The molecule has 96 valence electrons. The van der Waals surface area contributed by atoms with Gasteiger partial charge in [-0.15, -0.1) is 0 Å². The van der Waals surface area contributed by atoms with Crippen LogP contribution in [0, 0.1) is 0 Å². The summed E-state index contributed by atoms with van der Waals surface area (Å²) < 4.78 is 28.7. The van der Waals surface area contributed by atoms with Crippen LogP contribution in [-0.2, 0) is 6.54 Å². The van der Waals surface area contributed by atoms with Gasteiger partial charge in [-0.1, -0.05) is 18.2 Å². The van der Waals surface area contributed by atoms with Crippen molar-refractivity contribution in [1.82, 2.24) is 5.32 Å². The Morgan fingerprint density at radius 2 is 2.00 bits per heavy atom. The first kappa shape index (κ1) is 13.9. The molecule has 0 heterocycles. The molecule has 0 atom stereocenters. The van der Waals surface area contributed by atoms with Gasteiger partial charge in [-0.25, -0.2) is 0 Å². The van der Waals surface area contributed by atoms with E-state index in [9.17, 15) is 8.78 Å². The van der Waals surface area contributed by atoms with Gasteiger partial charge in [0, 0.05) is 24.2 Å². The molecule has 0 fully saturated rings. The lowest BCUT2D eigenvalue weighted by Gasteiger charge is -2.19. The number of alkyl halides is 2. The van der Waals surface area contributed by atoms with Crippen LogP contribution in [0.15, 0.2) is 24.3 Å². The second-order valence-electron chi connectivity index (χ2n) is 4.58. The zero-order chi connectivity index (χ0) is 12.9. The molecule has 0 radical (unpaired) electrons. The van der Waals surface area contributed by atoms with Gasteiger partial charge in [-0.05, 0) is 19.9 Å². The van der Waals surface area contributed by atoms with Crippen LogP contribution in [0.3, 0.4) is 0 Å². The molecule has 0 aromatic heterocycles. The van der Waals surface area contributed by atoms with Gasteiger partial charge in [-0.2, -0.15) is 8.78 Å². The summed E-state index contributed by atoms with van der Waals surface area (Å²) in [5.74, 6) is 0.199. The third kappa shape index (κ3) is 5.60. The van der Waals surface area contributed by atoms with Crippen molar-refractivity contribution in [3.63, 3.8) is 0 Å². The monoisotopic (exact) mass is 244 g/mol. The van der Waals surface area contributed by atoms with Crippen molar-refractivity contribution in [3.05, 3.63) is 29.8 Å². The lowest BCUT2D eigenvalue weighted by Crippen LogP contribution is -2.42. The number of nitrogens with two attached hydrogens (primary N) is 1. The predicted molar refractivity (Wildman–Crippen MR) is 63.0 cm³/mol. The zero-order valence-corrected chi connectivity index (χ0v) is 10.0. The molecule has 3 N–H and O–H groups in total. The quantitative estimate of drug-likeness (QED) is 0.805. The smallest absolute Gasteiger partial charge is 0.387 e. The highest BCUT2D eigenvalue weighted by Gasteiger charge is 2.11. The van der Waals surface area contributed by atoms with Gasteiger partial charge >= 0.3 is 6.61 Å². The summed E-state index contributed by atoms with van der Waals surface area (Å²) in [5, 5.41) is 3.11. The Labute approximate surface area is 100.0 Å². The van der Waals surface area contributed by atoms with Crippen LogP contribution >= 0.6 is 0 Å². The summed E-state index contributed by atoms with van der Waals surface area (Å²) in [6, 6.07) is 6.71. The van der Waals surface area contributed by atoms with Crippen molar-refractivity contribution in [2.45, 2.75) is 32.5 Å². The van der Waals surface area contributed by atoms with Crippen molar-refractivity contribution in [2.75, 3.05) is 6.54 Å². The van der Waals surface area contributed by atoms with E-state index in [2.05, 4.69) is 10.1 Å². The zero-order valence-electron chi connectivity index (χ0n) is 10.0. The van der Waals surface area contributed by atoms with E-state index in [1.54, 1.807) is 18.2 Å². The maximum Gasteiger partial charge on any atom is 0.387 e. The van der Waals surface area contributed by atoms with E-state index in [1.807, 2.05) is 13.8 Å². The Hall–Kier alpha value is -1.20. The predicted octanol–water partition coefficient (Wildman–Crippen LogP) is 2.11. The topological polar surface area (TPSA) is 47.3 Å². The molecule has 0 spiro atoms. The van der Waals surface area contributed by atoms with Gasteiger partial charge < -0.3 is 15.8 Å². The first-order valence-electron chi connectivity index (χ1n) is 5.41. The van der Waals surface area contributed by atoms with Crippen LogP contribution in [0.2, 0.25) is 0 Å². The van der Waals surface area contributed by atoms with E-state index in [-0.39, 0.29) is 11.3 Å². The molecule has 17 heavy (non-hydrogen) atoms. The van der Waals surface area contributed by atoms with Crippen LogP contribution in [0.5, 0.6) is 5.75 Å². The molecule has 0 amide bonds. The second kappa shape index (κ2) is 5.93. The molecule has 1 aromatic rings. The molecule has 0 aliphatic rings. The maximum absolute atomic E-state index is 12.1. The average molecular weight is 244 g/mol. The molecule has 0 bridgehead atoms. The number of hydrogen-bond acceptors (Lipinski definition) is 3. The molecule has 0 aliphatic heterocycles. The van der Waals surface area contributed by atoms with Gasteiger partial charge in [0.25, 0.3) is 0 Å². The van der Waals surface area contributed by atoms with Crippen molar-refractivity contribution in [1.29, 1.82) is 0 Å². The van der Waals surface area contributed by atoms with Gasteiger partial charge in [0.2, 0.25) is 0 Å². The summed E-state index contributed by atoms with van der Waals surface area (Å²) in [5.41, 5.74) is 6.16. The number of nitrogens with one attached hydrogen (secondary N) is 1. The molecule has 1 aromatic carbocycles. The summed E-state index contributed by atoms with van der Waals surface area (Å²) >= 11 is 0. The number of hydrogen-bond donors (Lipinski definition) is 2. The van der Waals surface area contributed by atoms with Crippen molar-refractivity contribution >= 4 is 0 Å². The average Bonchev–Trinajstić information content (AvgIpc) is 2.18. The summed E-state index contributed by atoms with van der Waals surface area (Å²) in [6.07, 6.45) is 0. The van der Waals surface area contributed by atoms with Crippen LogP contribution in [0.4, 0.5) is 8.78 Å². The minimum atomic E-state index is -2.80. The summed E-state index contributed by atoms with van der Waals surface area (Å²) in [4.78, 5) is 0. The lowest BCUT2D eigenvalue weighted by atomic mass is 10.1. The molecule has 0 saturated heterocycles. The maximum atomic E-state index is 12.1. The lowest BCUT2D eigenvalue weighted by molar-refractivity contribution is -0.0505. The van der Waals surface area contributed by atoms with E-state index in [1.165, 1.54) is 6.07 Å². The standard InChI is InChI=1S/C12H18F2N2O/c1-12(2,15)8-16-7-9-5-3-4-6-10(9)17-11(13)14/h3-6,11,16H,7-8,15H2,1-2H3. The Balaban J connectivity index is 2.58. The molecular formula is C12H18F2N2O. The fourth-order valence-corrected chi connectivity index (χ4v) is 1.38. The normalized spacial score (nSPS) is 11.9. The number of ether oxygens (including phenoxy) is 1. The SMILES string of the molecule is CC(C)(N)CNCc1ccccc1OC(F)F. The van der Waals surface area contributed by atoms with E-state index in [0.717, 1.165) is 0 Å². The molecule has 3 nitrogen and oxygen atoms in total. The van der Waals surface area contributed by atoms with Crippen molar-refractivity contribution in [2.24, 2.45) is 5.73 Å². The molecular weight excluding hydrogens is 226 g/mol. The number of para-hydroxylation sites is 1. The van der Waals surface area contributed by atoms with Gasteiger partial charge in [0.1, 0.15) is 5.75 Å². The summed E-state index contributed by atoms with van der Waals surface area (Å²) in [6.45, 7) is 2.02. The number of rotatable bonds is 6. The minimum absolute atomic E-state index is 0.199. The van der Waals surface area contributed by atoms with E-state index in [4.69, 9.17) is 5.73 Å². The van der Waals surface area contributed by atoms with Crippen molar-refractivity contribution in [3.8, 4) is 5.75 Å². The molecule has 0 aliphatic carbocycles. The Morgan fingerprint density at radius 1 is 1.35 bits per heavy atom. The number of halogens is 2. The highest BCUT2D eigenvalue weighted by Crippen LogP contribution is 2.19. The molecule has 1 rings (SSSR count). The molecule has 0 saturated carbocycles. The van der Waals surface area contributed by atoms with Crippen LogP contribution in [-0.4, -0.2) is 18.7 Å². The fraction of sp³-hybridized carbons (Fsp3) is 0.500. The van der Waals surface area contributed by atoms with Gasteiger partial charge in [0.05, 0.1) is 0 Å². The first-order chi connectivity index (χ1) is 7.88. The number of benzene rings is 1. The second-order valence-corrected chi connectivity index (χ2v) is 4.58. The minimum Gasteiger partial charge on any atom is -0.434 e. The molecule has 5 heteroatoms. The third-order valence-electron chi connectivity index (χ3n) is 2.08.